The molecule has 5 heteroatoms. The Labute approximate surface area is 131 Å². The van der Waals surface area contributed by atoms with Crippen molar-refractivity contribution in [3.05, 3.63) is 64.1 Å². The number of hydrogen-bond donors (Lipinski definition) is 1. The molecule has 2 nitrogen and oxygen atoms in total. The first kappa shape index (κ1) is 15.9. The first-order valence-corrected chi connectivity index (χ1v) is 7.53. The van der Waals surface area contributed by atoms with Crippen LogP contribution in [0.1, 0.15) is 18.5 Å². The first-order valence-electron chi connectivity index (χ1n) is 6.74. The monoisotopic (exact) mass is 354 g/mol. The fourth-order valence-electron chi connectivity index (χ4n) is 2.41. The molecule has 0 radical (unpaired) electrons. The predicted molar refractivity (Wildman–Crippen MR) is 85.3 cm³/mol. The Morgan fingerprint density at radius 2 is 1.81 bits per heavy atom. The van der Waals surface area contributed by atoms with Crippen LogP contribution >= 0.6 is 15.9 Å². The SMILES string of the molecule is CCN(c1ccc(F)cc1)C(CN)c1ccc(Br)cc1F. The summed E-state index contributed by atoms with van der Waals surface area (Å²) in [6.07, 6.45) is 0. The van der Waals surface area contributed by atoms with E-state index in [-0.39, 0.29) is 24.2 Å². The summed E-state index contributed by atoms with van der Waals surface area (Å²) in [6, 6.07) is 10.8. The lowest BCUT2D eigenvalue weighted by Gasteiger charge is -2.32. The van der Waals surface area contributed by atoms with E-state index in [0.717, 1.165) is 5.69 Å². The van der Waals surface area contributed by atoms with Gasteiger partial charge in [-0.15, -0.1) is 0 Å². The molecule has 2 N–H and O–H groups in total. The van der Waals surface area contributed by atoms with Crippen LogP contribution in [0.3, 0.4) is 0 Å². The molecule has 0 amide bonds. The number of rotatable bonds is 5. The Morgan fingerprint density at radius 3 is 2.33 bits per heavy atom. The van der Waals surface area contributed by atoms with Gasteiger partial charge in [0.15, 0.2) is 0 Å². The van der Waals surface area contributed by atoms with Crippen LogP contribution in [0, 0.1) is 11.6 Å². The molecule has 0 saturated heterocycles. The average molecular weight is 355 g/mol. The summed E-state index contributed by atoms with van der Waals surface area (Å²) < 4.78 is 27.9. The molecule has 0 spiro atoms. The number of likely N-dealkylation sites (N-methyl/N-ethyl adjacent to an activating group) is 1. The molecular formula is C16H17BrF2N2. The predicted octanol–water partition coefficient (Wildman–Crippen LogP) is 4.25. The Hall–Kier alpha value is -1.46. The fraction of sp³-hybridized carbons (Fsp3) is 0.250. The van der Waals surface area contributed by atoms with Gasteiger partial charge in [-0.3, -0.25) is 0 Å². The summed E-state index contributed by atoms with van der Waals surface area (Å²) in [4.78, 5) is 1.96. The fourth-order valence-corrected chi connectivity index (χ4v) is 2.74. The van der Waals surface area contributed by atoms with Gasteiger partial charge in [-0.25, -0.2) is 8.78 Å². The number of nitrogens with zero attached hydrogens (tertiary/aromatic N) is 1. The molecule has 112 valence electrons. The molecule has 2 rings (SSSR count). The van der Waals surface area contributed by atoms with Crippen molar-refractivity contribution in [3.8, 4) is 0 Å². The molecule has 1 unspecified atom stereocenters. The van der Waals surface area contributed by atoms with Crippen LogP contribution in [0.2, 0.25) is 0 Å². The van der Waals surface area contributed by atoms with E-state index in [4.69, 9.17) is 5.73 Å². The summed E-state index contributed by atoms with van der Waals surface area (Å²) in [5.41, 5.74) is 7.21. The Balaban J connectivity index is 2.39. The maximum absolute atomic E-state index is 14.2. The lowest BCUT2D eigenvalue weighted by molar-refractivity contribution is 0.561. The van der Waals surface area contributed by atoms with E-state index >= 15 is 0 Å². The highest BCUT2D eigenvalue weighted by atomic mass is 79.9. The maximum atomic E-state index is 14.2. The van der Waals surface area contributed by atoms with Gasteiger partial charge in [-0.05, 0) is 43.3 Å². The van der Waals surface area contributed by atoms with Crippen molar-refractivity contribution in [1.29, 1.82) is 0 Å². The van der Waals surface area contributed by atoms with E-state index in [1.54, 1.807) is 24.3 Å². The highest BCUT2D eigenvalue weighted by molar-refractivity contribution is 9.10. The van der Waals surface area contributed by atoms with Crippen LogP contribution in [-0.4, -0.2) is 13.1 Å². The second-order valence-corrected chi connectivity index (χ2v) is 5.60. The van der Waals surface area contributed by atoms with E-state index < -0.39 is 0 Å². The van der Waals surface area contributed by atoms with Crippen molar-refractivity contribution in [3.63, 3.8) is 0 Å². The van der Waals surface area contributed by atoms with Crippen LogP contribution in [0.15, 0.2) is 46.9 Å². The van der Waals surface area contributed by atoms with Crippen molar-refractivity contribution < 1.29 is 8.78 Å². The Kier molecular flexibility index (Phi) is 5.31. The third kappa shape index (κ3) is 3.60. The summed E-state index contributed by atoms with van der Waals surface area (Å²) in [7, 11) is 0. The van der Waals surface area contributed by atoms with Crippen molar-refractivity contribution in [2.75, 3.05) is 18.0 Å². The van der Waals surface area contributed by atoms with E-state index in [9.17, 15) is 8.78 Å². The summed E-state index contributed by atoms with van der Waals surface area (Å²) in [6.45, 7) is 2.87. The molecule has 0 fully saturated rings. The van der Waals surface area contributed by atoms with Gasteiger partial charge >= 0.3 is 0 Å². The van der Waals surface area contributed by atoms with Crippen molar-refractivity contribution in [2.24, 2.45) is 5.73 Å². The minimum atomic E-state index is -0.305. The van der Waals surface area contributed by atoms with Gasteiger partial charge in [-0.2, -0.15) is 0 Å². The third-order valence-corrected chi connectivity index (χ3v) is 3.91. The summed E-state index contributed by atoms with van der Waals surface area (Å²) >= 11 is 3.25. The van der Waals surface area contributed by atoms with Gasteiger partial charge in [0.05, 0.1) is 6.04 Å². The van der Waals surface area contributed by atoms with Crippen LogP contribution in [0.5, 0.6) is 0 Å². The molecule has 1 atom stereocenters. The van der Waals surface area contributed by atoms with Gasteiger partial charge in [-0.1, -0.05) is 22.0 Å². The van der Waals surface area contributed by atoms with Crippen molar-refractivity contribution >= 4 is 21.6 Å². The highest BCUT2D eigenvalue weighted by Crippen LogP contribution is 2.29. The maximum Gasteiger partial charge on any atom is 0.129 e. The number of benzene rings is 2. The second-order valence-electron chi connectivity index (χ2n) is 4.68. The zero-order valence-corrected chi connectivity index (χ0v) is 13.3. The highest BCUT2D eigenvalue weighted by Gasteiger charge is 2.21. The molecule has 21 heavy (non-hydrogen) atoms. The van der Waals surface area contributed by atoms with Crippen LogP contribution in [0.25, 0.3) is 0 Å². The van der Waals surface area contributed by atoms with E-state index in [0.29, 0.717) is 16.6 Å². The molecule has 0 heterocycles. The van der Waals surface area contributed by atoms with E-state index in [1.165, 1.54) is 18.2 Å². The molecule has 0 aromatic heterocycles. The lowest BCUT2D eigenvalue weighted by atomic mass is 10.0. The summed E-state index contributed by atoms with van der Waals surface area (Å²) in [5.74, 6) is -0.602. The van der Waals surface area contributed by atoms with Crippen molar-refractivity contribution in [2.45, 2.75) is 13.0 Å². The number of halogens is 3. The topological polar surface area (TPSA) is 29.3 Å². The largest absolute Gasteiger partial charge is 0.363 e. The Bertz CT molecular complexity index is 602. The molecule has 2 aromatic carbocycles. The smallest absolute Gasteiger partial charge is 0.129 e. The molecule has 0 saturated carbocycles. The zero-order chi connectivity index (χ0) is 15.4. The van der Waals surface area contributed by atoms with Crippen molar-refractivity contribution in [1.82, 2.24) is 0 Å². The number of nitrogens with two attached hydrogens (primary N) is 1. The minimum absolute atomic E-state index is 0.268. The van der Waals surface area contributed by atoms with E-state index in [2.05, 4.69) is 15.9 Å². The Morgan fingerprint density at radius 1 is 1.14 bits per heavy atom. The van der Waals surface area contributed by atoms with Gasteiger partial charge in [0.1, 0.15) is 11.6 Å². The standard InChI is InChI=1S/C16H17BrF2N2/c1-2-21(13-6-4-12(18)5-7-13)16(10-20)14-8-3-11(17)9-15(14)19/h3-9,16H,2,10,20H2,1H3. The van der Waals surface area contributed by atoms with Gasteiger partial charge in [0.2, 0.25) is 0 Å². The molecule has 0 aliphatic heterocycles. The zero-order valence-electron chi connectivity index (χ0n) is 11.7. The lowest BCUT2D eigenvalue weighted by Crippen LogP contribution is -2.34. The molecule has 2 aromatic rings. The van der Waals surface area contributed by atoms with Gasteiger partial charge < -0.3 is 10.6 Å². The van der Waals surface area contributed by atoms with E-state index in [1.807, 2.05) is 11.8 Å². The molecule has 0 aliphatic carbocycles. The van der Waals surface area contributed by atoms with Crippen LogP contribution in [0.4, 0.5) is 14.5 Å². The second kappa shape index (κ2) is 7.00. The van der Waals surface area contributed by atoms with Crippen LogP contribution < -0.4 is 10.6 Å². The number of anilines is 1. The van der Waals surface area contributed by atoms with Gasteiger partial charge in [0.25, 0.3) is 0 Å². The average Bonchev–Trinajstić information content (AvgIpc) is 2.47. The molecule has 0 bridgehead atoms. The van der Waals surface area contributed by atoms with Crippen LogP contribution in [-0.2, 0) is 0 Å². The summed E-state index contributed by atoms with van der Waals surface area (Å²) in [5, 5.41) is 0. The quantitative estimate of drug-likeness (QED) is 0.869. The third-order valence-electron chi connectivity index (χ3n) is 3.42. The minimum Gasteiger partial charge on any atom is -0.363 e. The normalized spacial score (nSPS) is 12.2. The van der Waals surface area contributed by atoms with Gasteiger partial charge in [0, 0.05) is 28.8 Å². The number of hydrogen-bond acceptors (Lipinski definition) is 2. The molecule has 0 aliphatic rings. The molecular weight excluding hydrogens is 338 g/mol. The first-order chi connectivity index (χ1) is 10.1.